The fraction of sp³-hybridized carbons (Fsp3) is 0. The molecule has 1 amide bonds. The van der Waals surface area contributed by atoms with Crippen molar-refractivity contribution in [2.75, 3.05) is 11.1 Å². The minimum Gasteiger partial charge on any atom is -0.449 e. The lowest BCUT2D eigenvalue weighted by molar-refractivity contribution is 0.0998. The van der Waals surface area contributed by atoms with Crippen LogP contribution in [0, 0.1) is 0 Å². The maximum atomic E-state index is 12.2. The van der Waals surface area contributed by atoms with E-state index >= 15 is 0 Å². The summed E-state index contributed by atoms with van der Waals surface area (Å²) in [6, 6.07) is 14.3. The standard InChI is InChI=1S/C16H12ClN3O2/c17-11-6-7-14(19-9-11)20-16(21)15-12(18)8-13(22-15)10-4-2-1-3-5-10/h1-9H,18H2,(H,19,20,21). The van der Waals surface area contributed by atoms with Crippen molar-refractivity contribution in [3.63, 3.8) is 0 Å². The highest BCUT2D eigenvalue weighted by Gasteiger charge is 2.18. The lowest BCUT2D eigenvalue weighted by Gasteiger charge is -2.02. The third-order valence-electron chi connectivity index (χ3n) is 2.99. The van der Waals surface area contributed by atoms with E-state index in [1.165, 1.54) is 6.20 Å². The normalized spacial score (nSPS) is 10.4. The first-order valence-corrected chi connectivity index (χ1v) is 6.89. The summed E-state index contributed by atoms with van der Waals surface area (Å²) in [6.45, 7) is 0. The Labute approximate surface area is 131 Å². The van der Waals surface area contributed by atoms with Gasteiger partial charge in [0.15, 0.2) is 0 Å². The number of anilines is 2. The molecule has 0 spiro atoms. The fourth-order valence-corrected chi connectivity index (χ4v) is 2.06. The number of aromatic nitrogens is 1. The zero-order valence-corrected chi connectivity index (χ0v) is 12.2. The summed E-state index contributed by atoms with van der Waals surface area (Å²) in [6.07, 6.45) is 1.44. The van der Waals surface area contributed by atoms with Crippen LogP contribution in [0.3, 0.4) is 0 Å². The van der Waals surface area contributed by atoms with Crippen molar-refractivity contribution in [1.29, 1.82) is 0 Å². The van der Waals surface area contributed by atoms with E-state index < -0.39 is 5.91 Å². The Morgan fingerprint density at radius 1 is 1.18 bits per heavy atom. The van der Waals surface area contributed by atoms with Crippen LogP contribution >= 0.6 is 11.6 Å². The minimum atomic E-state index is -0.463. The van der Waals surface area contributed by atoms with Gasteiger partial charge in [-0.25, -0.2) is 4.98 Å². The van der Waals surface area contributed by atoms with Crippen LogP contribution in [0.2, 0.25) is 5.02 Å². The number of pyridine rings is 1. The number of benzene rings is 1. The van der Waals surface area contributed by atoms with Gasteiger partial charge >= 0.3 is 0 Å². The predicted octanol–water partition coefficient (Wildman–Crippen LogP) is 3.83. The van der Waals surface area contributed by atoms with Crippen LogP contribution in [-0.2, 0) is 0 Å². The molecule has 2 aromatic heterocycles. The molecule has 0 aliphatic heterocycles. The Bertz CT molecular complexity index is 798. The number of hydrogen-bond acceptors (Lipinski definition) is 4. The Morgan fingerprint density at radius 3 is 2.64 bits per heavy atom. The van der Waals surface area contributed by atoms with Crippen molar-refractivity contribution in [1.82, 2.24) is 4.98 Å². The molecule has 22 heavy (non-hydrogen) atoms. The number of carbonyl (C=O) groups excluding carboxylic acids is 1. The molecular formula is C16H12ClN3O2. The molecule has 0 fully saturated rings. The van der Waals surface area contributed by atoms with Gasteiger partial charge in [-0.2, -0.15) is 0 Å². The van der Waals surface area contributed by atoms with E-state index in [1.54, 1.807) is 18.2 Å². The van der Waals surface area contributed by atoms with Gasteiger partial charge < -0.3 is 15.5 Å². The second-order valence-electron chi connectivity index (χ2n) is 4.58. The fourth-order valence-electron chi connectivity index (χ4n) is 1.95. The Hall–Kier alpha value is -2.79. The molecule has 0 aliphatic rings. The molecule has 0 aliphatic carbocycles. The predicted molar refractivity (Wildman–Crippen MR) is 85.8 cm³/mol. The molecule has 0 unspecified atom stereocenters. The second-order valence-corrected chi connectivity index (χ2v) is 5.01. The largest absolute Gasteiger partial charge is 0.449 e. The zero-order chi connectivity index (χ0) is 15.5. The number of amides is 1. The van der Waals surface area contributed by atoms with E-state index in [-0.39, 0.29) is 11.4 Å². The molecular weight excluding hydrogens is 302 g/mol. The van der Waals surface area contributed by atoms with Gasteiger partial charge in [0.1, 0.15) is 11.6 Å². The molecule has 2 heterocycles. The number of carbonyl (C=O) groups is 1. The number of rotatable bonds is 3. The van der Waals surface area contributed by atoms with E-state index in [0.717, 1.165) is 5.56 Å². The zero-order valence-electron chi connectivity index (χ0n) is 11.4. The molecule has 0 atom stereocenters. The van der Waals surface area contributed by atoms with Gasteiger partial charge in [-0.15, -0.1) is 0 Å². The molecule has 6 heteroatoms. The van der Waals surface area contributed by atoms with Crippen LogP contribution in [0.1, 0.15) is 10.6 Å². The first-order chi connectivity index (χ1) is 10.6. The first kappa shape index (κ1) is 14.2. The average Bonchev–Trinajstić information content (AvgIpc) is 2.92. The third-order valence-corrected chi connectivity index (χ3v) is 3.22. The highest BCUT2D eigenvalue weighted by molar-refractivity contribution is 6.30. The van der Waals surface area contributed by atoms with Gasteiger partial charge in [0.05, 0.1) is 10.7 Å². The molecule has 0 saturated carbocycles. The van der Waals surface area contributed by atoms with Crippen molar-refractivity contribution in [3.8, 4) is 11.3 Å². The molecule has 3 N–H and O–H groups in total. The van der Waals surface area contributed by atoms with E-state index in [0.29, 0.717) is 16.6 Å². The number of halogens is 1. The lowest BCUT2D eigenvalue weighted by atomic mass is 10.2. The molecule has 0 radical (unpaired) electrons. The van der Waals surface area contributed by atoms with Crippen LogP contribution in [0.5, 0.6) is 0 Å². The van der Waals surface area contributed by atoms with Crippen LogP contribution < -0.4 is 11.1 Å². The van der Waals surface area contributed by atoms with Crippen molar-refractivity contribution in [2.24, 2.45) is 0 Å². The number of furan rings is 1. The topological polar surface area (TPSA) is 81.1 Å². The van der Waals surface area contributed by atoms with Gasteiger partial charge in [-0.1, -0.05) is 41.9 Å². The summed E-state index contributed by atoms with van der Waals surface area (Å²) in [5, 5.41) is 3.10. The molecule has 0 saturated heterocycles. The number of nitrogens with one attached hydrogen (secondary N) is 1. The Kier molecular flexibility index (Phi) is 3.80. The summed E-state index contributed by atoms with van der Waals surface area (Å²) < 4.78 is 5.57. The number of nitrogen functional groups attached to an aromatic ring is 1. The highest BCUT2D eigenvalue weighted by atomic mass is 35.5. The SMILES string of the molecule is Nc1cc(-c2ccccc2)oc1C(=O)Nc1ccc(Cl)cn1. The van der Waals surface area contributed by atoms with E-state index in [1.807, 2.05) is 30.3 Å². The van der Waals surface area contributed by atoms with Gasteiger partial charge in [-0.3, -0.25) is 4.79 Å². The highest BCUT2D eigenvalue weighted by Crippen LogP contribution is 2.27. The smallest absolute Gasteiger partial charge is 0.294 e. The van der Waals surface area contributed by atoms with Crippen LogP contribution in [-0.4, -0.2) is 10.9 Å². The Balaban J connectivity index is 1.84. The summed E-state index contributed by atoms with van der Waals surface area (Å²) in [7, 11) is 0. The maximum Gasteiger partial charge on any atom is 0.294 e. The van der Waals surface area contributed by atoms with E-state index in [9.17, 15) is 4.79 Å². The molecule has 3 aromatic rings. The quantitative estimate of drug-likeness (QED) is 0.770. The summed E-state index contributed by atoms with van der Waals surface area (Å²) in [5.74, 6) is 0.490. The molecule has 3 rings (SSSR count). The van der Waals surface area contributed by atoms with Gasteiger partial charge in [0.2, 0.25) is 5.76 Å². The Morgan fingerprint density at radius 2 is 1.95 bits per heavy atom. The van der Waals surface area contributed by atoms with Crippen molar-refractivity contribution in [2.45, 2.75) is 0 Å². The van der Waals surface area contributed by atoms with Crippen LogP contribution in [0.25, 0.3) is 11.3 Å². The summed E-state index contributed by atoms with van der Waals surface area (Å²) in [4.78, 5) is 16.2. The van der Waals surface area contributed by atoms with Crippen molar-refractivity contribution in [3.05, 3.63) is 65.5 Å². The molecule has 0 bridgehead atoms. The first-order valence-electron chi connectivity index (χ1n) is 6.51. The number of nitrogens with zero attached hydrogens (tertiary/aromatic N) is 1. The second kappa shape index (κ2) is 5.91. The van der Waals surface area contributed by atoms with Gasteiger partial charge in [-0.05, 0) is 12.1 Å². The van der Waals surface area contributed by atoms with Crippen LogP contribution in [0.15, 0.2) is 59.1 Å². The molecule has 110 valence electrons. The average molecular weight is 314 g/mol. The monoisotopic (exact) mass is 313 g/mol. The van der Waals surface area contributed by atoms with E-state index in [4.69, 9.17) is 21.8 Å². The lowest BCUT2D eigenvalue weighted by Crippen LogP contribution is -2.13. The number of hydrogen-bond donors (Lipinski definition) is 2. The molecule has 1 aromatic carbocycles. The minimum absolute atomic E-state index is 0.0515. The van der Waals surface area contributed by atoms with Gasteiger partial charge in [0.25, 0.3) is 5.91 Å². The van der Waals surface area contributed by atoms with E-state index in [2.05, 4.69) is 10.3 Å². The maximum absolute atomic E-state index is 12.2. The summed E-state index contributed by atoms with van der Waals surface area (Å²) >= 11 is 5.75. The van der Waals surface area contributed by atoms with Gasteiger partial charge in [0, 0.05) is 17.8 Å². The number of nitrogens with two attached hydrogens (primary N) is 1. The third kappa shape index (κ3) is 2.94. The van der Waals surface area contributed by atoms with Crippen molar-refractivity contribution >= 4 is 29.0 Å². The summed E-state index contributed by atoms with van der Waals surface area (Å²) in [5.41, 5.74) is 6.98. The van der Waals surface area contributed by atoms with Crippen molar-refractivity contribution < 1.29 is 9.21 Å². The molecule has 5 nitrogen and oxygen atoms in total. The van der Waals surface area contributed by atoms with Crippen LogP contribution in [0.4, 0.5) is 11.5 Å².